The first-order chi connectivity index (χ1) is 43.7. The van der Waals surface area contributed by atoms with Crippen molar-refractivity contribution in [2.24, 2.45) is 10.8 Å². The number of rotatable bonds is 64. The zero-order valence-corrected chi connectivity index (χ0v) is 65.3. The van der Waals surface area contributed by atoms with Crippen LogP contribution in [0.25, 0.3) is 0 Å². The topological polar surface area (TPSA) is 0 Å². The highest BCUT2D eigenvalue weighted by atomic mass is 14.4. The van der Waals surface area contributed by atoms with Gasteiger partial charge in [0.1, 0.15) is 0 Å². The van der Waals surface area contributed by atoms with E-state index in [1.54, 1.807) is 51.4 Å². The molecule has 0 bridgehead atoms. The van der Waals surface area contributed by atoms with Crippen molar-refractivity contribution in [3.05, 3.63) is 0 Å². The summed E-state index contributed by atoms with van der Waals surface area (Å²) in [5.74, 6) is 0. The molecule has 2 aliphatic rings. The third-order valence-electron chi connectivity index (χ3n) is 21.1. The summed E-state index contributed by atoms with van der Waals surface area (Å²) < 4.78 is 0. The molecule has 2 rings (SSSR count). The van der Waals surface area contributed by atoms with E-state index >= 15 is 0 Å². The molecular formula is C88H184. The Labute approximate surface area is 566 Å². The van der Waals surface area contributed by atoms with Crippen molar-refractivity contribution in [2.45, 2.75) is 558 Å². The Morgan fingerprint density at radius 2 is 0.239 bits per heavy atom. The van der Waals surface area contributed by atoms with Crippen LogP contribution in [-0.4, -0.2) is 0 Å². The van der Waals surface area contributed by atoms with E-state index in [0.29, 0.717) is 0 Å². The largest absolute Gasteiger partial charge is 0.0683 e. The van der Waals surface area contributed by atoms with Gasteiger partial charge in [0.2, 0.25) is 0 Å². The van der Waals surface area contributed by atoms with Crippen LogP contribution in [0.2, 0.25) is 0 Å². The van der Waals surface area contributed by atoms with Crippen LogP contribution in [-0.2, 0) is 0 Å². The van der Waals surface area contributed by atoms with Crippen molar-refractivity contribution in [1.82, 2.24) is 0 Å². The van der Waals surface area contributed by atoms with E-state index in [9.17, 15) is 0 Å². The lowest BCUT2D eigenvalue weighted by molar-refractivity contribution is 0.146. The van der Waals surface area contributed by atoms with Crippen molar-refractivity contribution in [3.8, 4) is 0 Å². The molecule has 0 atom stereocenters. The molecule has 88 heavy (non-hydrogen) atoms. The summed E-state index contributed by atoms with van der Waals surface area (Å²) in [6.07, 6.45) is 111. The Morgan fingerprint density at radius 1 is 0.136 bits per heavy atom. The van der Waals surface area contributed by atoms with Crippen LogP contribution in [0.4, 0.5) is 0 Å². The minimum absolute atomic E-state index is 0.755. The maximum atomic E-state index is 2.32. The van der Waals surface area contributed by atoms with Gasteiger partial charge in [-0.15, -0.1) is 0 Å². The molecule has 0 radical (unpaired) electrons. The Hall–Kier alpha value is 0. The lowest BCUT2D eigenvalue weighted by atomic mass is 9.68. The van der Waals surface area contributed by atoms with Gasteiger partial charge in [-0.2, -0.15) is 0 Å². The minimum Gasteiger partial charge on any atom is -0.0683 e. The summed E-state index contributed by atoms with van der Waals surface area (Å²) in [4.78, 5) is 0. The van der Waals surface area contributed by atoms with E-state index in [0.717, 1.165) is 10.8 Å². The molecule has 0 heteroatoms. The summed E-state index contributed by atoms with van der Waals surface area (Å²) in [5.41, 5.74) is 1.51. The van der Waals surface area contributed by atoms with E-state index in [4.69, 9.17) is 0 Å². The predicted molar refractivity (Wildman–Crippen MR) is 415 cm³/mol. The highest BCUT2D eigenvalue weighted by Crippen LogP contribution is 2.46. The Bertz CT molecular complexity index is 1090. The minimum atomic E-state index is 0.755. The summed E-state index contributed by atoms with van der Waals surface area (Å²) in [6.45, 7) is 25.3. The molecule has 2 saturated carbocycles. The van der Waals surface area contributed by atoms with Crippen LogP contribution in [0.1, 0.15) is 558 Å². The zero-order chi connectivity index (χ0) is 65.3. The van der Waals surface area contributed by atoms with Gasteiger partial charge in [0.25, 0.3) is 0 Å². The average Bonchev–Trinajstić information content (AvgIpc) is 3.61. The smallest absolute Gasteiger partial charge is 0.0297 e. The number of hydrogen-bond donors (Lipinski definition) is 0. The second kappa shape index (κ2) is 87.0. The van der Waals surface area contributed by atoms with Crippen LogP contribution < -0.4 is 0 Å². The van der Waals surface area contributed by atoms with Crippen molar-refractivity contribution >= 4 is 0 Å². The van der Waals surface area contributed by atoms with E-state index in [2.05, 4.69) is 27.7 Å². The molecule has 0 aliphatic heterocycles. The maximum absolute atomic E-state index is 2.32. The molecule has 0 spiro atoms. The normalized spacial score (nSPS) is 14.0. The van der Waals surface area contributed by atoms with Crippen molar-refractivity contribution in [2.75, 3.05) is 0 Å². The highest BCUT2D eigenvalue weighted by Gasteiger charge is 2.31. The summed E-state index contributed by atoms with van der Waals surface area (Å²) in [5, 5.41) is 0. The Kier molecular flexibility index (Phi) is 93.3. The molecule has 0 heterocycles. The van der Waals surface area contributed by atoms with Gasteiger partial charge in [-0.3, -0.25) is 0 Å². The van der Waals surface area contributed by atoms with E-state index in [1.165, 1.54) is 424 Å². The van der Waals surface area contributed by atoms with Gasteiger partial charge in [0.15, 0.2) is 0 Å². The lowest BCUT2D eigenvalue weighted by Gasteiger charge is -2.38. The summed E-state index contributed by atoms with van der Waals surface area (Å²) in [6, 6.07) is 0. The molecule has 536 valence electrons. The Morgan fingerprint density at radius 3 is 0.352 bits per heavy atom. The summed E-state index contributed by atoms with van der Waals surface area (Å²) >= 11 is 0. The number of unbranched alkanes of at least 4 members (excludes halogenated alkanes) is 56. The molecule has 0 aromatic heterocycles. The zero-order valence-electron chi connectivity index (χ0n) is 65.3. The fourth-order valence-electron chi connectivity index (χ4n) is 15.3. The maximum Gasteiger partial charge on any atom is -0.0297 e. The van der Waals surface area contributed by atoms with Crippen LogP contribution >= 0.6 is 0 Å². The summed E-state index contributed by atoms with van der Waals surface area (Å²) in [7, 11) is 0. The molecule has 2 aliphatic carbocycles. The second-order valence-electron chi connectivity index (χ2n) is 28.9. The third kappa shape index (κ3) is 73.4. The fraction of sp³-hybridized carbons (Fsp3) is 1.00. The van der Waals surface area contributed by atoms with Crippen LogP contribution in [0, 0.1) is 10.8 Å². The van der Waals surface area contributed by atoms with Crippen LogP contribution in [0.15, 0.2) is 0 Å². The van der Waals surface area contributed by atoms with Gasteiger partial charge in [0, 0.05) is 0 Å². The lowest BCUT2D eigenvalue weighted by Crippen LogP contribution is -2.24. The predicted octanol–water partition coefficient (Wildman–Crippen LogP) is 35.0. The van der Waals surface area contributed by atoms with Gasteiger partial charge in [0.05, 0.1) is 0 Å². The van der Waals surface area contributed by atoms with Gasteiger partial charge in [-0.1, -0.05) is 507 Å². The van der Waals surface area contributed by atoms with E-state index in [1.807, 2.05) is 55.4 Å². The third-order valence-corrected chi connectivity index (χ3v) is 21.1. The molecule has 0 N–H and O–H groups in total. The molecule has 0 saturated heterocycles. The standard InChI is InChI=1S/C41H82.C39H78.4C2H6/c1-3-5-7-9-11-13-15-17-19-21-23-25-27-29-31-34-38-41(39-35-32-36-40-41)37-33-30-28-26-24-22-20-18-16-14-12-10-8-6-4-2;1-3-5-7-9-11-13-15-17-19-21-23-25-27-29-32-36-39(37-33-30-34-38-39)35-31-28-26-24-22-20-18-16-14-12-10-8-6-4-2;4*1-2/h3-40H2,1-2H3;3-38H2,1-2H3;4*1-2H3. The number of hydrogen-bond acceptors (Lipinski definition) is 0. The first kappa shape index (κ1) is 94.4. The molecule has 0 amide bonds. The highest BCUT2D eigenvalue weighted by molar-refractivity contribution is 4.84. The first-order valence-corrected chi connectivity index (χ1v) is 43.7. The average molecular weight is 1240 g/mol. The fourth-order valence-corrected chi connectivity index (χ4v) is 15.3. The van der Waals surface area contributed by atoms with E-state index in [-0.39, 0.29) is 0 Å². The van der Waals surface area contributed by atoms with Crippen molar-refractivity contribution in [1.29, 1.82) is 0 Å². The quantitative estimate of drug-likeness (QED) is 0.0533. The molecule has 0 unspecified atom stereocenters. The molecule has 2 fully saturated rings. The van der Waals surface area contributed by atoms with Gasteiger partial charge >= 0.3 is 0 Å². The second-order valence-corrected chi connectivity index (χ2v) is 28.9. The van der Waals surface area contributed by atoms with Gasteiger partial charge in [-0.25, -0.2) is 0 Å². The van der Waals surface area contributed by atoms with Crippen molar-refractivity contribution < 1.29 is 0 Å². The van der Waals surface area contributed by atoms with Gasteiger partial charge < -0.3 is 0 Å². The molecular weight excluding hydrogens is 1060 g/mol. The molecule has 0 nitrogen and oxygen atoms in total. The first-order valence-electron chi connectivity index (χ1n) is 43.7. The SMILES string of the molecule is CC.CC.CC.CC.CCCCCCCCCCCCCCCCCC1(CCCCCCCCCCCCCCCC)CCCCC1.CCCCCCCCCCCCCCCCCCC1(CCCCCCCCCCCCCCCCC)CCCCC1. The monoisotopic (exact) mass is 1240 g/mol. The van der Waals surface area contributed by atoms with Crippen LogP contribution in [0.3, 0.4) is 0 Å². The molecule has 0 aromatic carbocycles. The van der Waals surface area contributed by atoms with Crippen molar-refractivity contribution in [3.63, 3.8) is 0 Å². The Balaban J connectivity index is -0.000000720. The van der Waals surface area contributed by atoms with Crippen LogP contribution in [0.5, 0.6) is 0 Å². The van der Waals surface area contributed by atoms with E-state index < -0.39 is 0 Å². The van der Waals surface area contributed by atoms with Gasteiger partial charge in [-0.05, 0) is 62.2 Å². The molecule has 0 aromatic rings.